The largest absolute Gasteiger partial charge is 0.399 e. The van der Waals surface area contributed by atoms with E-state index in [0.29, 0.717) is 16.6 Å². The van der Waals surface area contributed by atoms with Crippen LogP contribution in [-0.4, -0.2) is 30.1 Å². The van der Waals surface area contributed by atoms with Crippen LogP contribution < -0.4 is 16.0 Å². The molecule has 33 heavy (non-hydrogen) atoms. The zero-order valence-corrected chi connectivity index (χ0v) is 18.7. The zero-order chi connectivity index (χ0) is 23.9. The number of fused-ring (bicyclic) bond motifs is 1. The first-order valence-electron chi connectivity index (χ1n) is 9.92. The fraction of sp³-hybridized carbons (Fsp3) is 0.130. The van der Waals surface area contributed by atoms with E-state index in [-0.39, 0.29) is 28.9 Å². The molecular weight excluding hydrogens is 447 g/mol. The number of aromatic nitrogens is 2. The maximum absolute atomic E-state index is 14.6. The van der Waals surface area contributed by atoms with Gasteiger partial charge in [-0.1, -0.05) is 11.6 Å². The van der Waals surface area contributed by atoms with Crippen LogP contribution >= 0.6 is 0 Å². The van der Waals surface area contributed by atoms with E-state index in [1.54, 1.807) is 24.3 Å². The van der Waals surface area contributed by atoms with Gasteiger partial charge in [-0.2, -0.15) is 0 Å². The predicted molar refractivity (Wildman–Crippen MR) is 125 cm³/mol. The van der Waals surface area contributed by atoms with Crippen molar-refractivity contribution in [1.29, 1.82) is 0 Å². The first-order chi connectivity index (χ1) is 15.5. The van der Waals surface area contributed by atoms with Crippen LogP contribution in [0.2, 0.25) is 0 Å². The van der Waals surface area contributed by atoms with Crippen LogP contribution in [0.3, 0.4) is 0 Å². The van der Waals surface area contributed by atoms with Gasteiger partial charge in [0.2, 0.25) is 10.0 Å². The van der Waals surface area contributed by atoms with Gasteiger partial charge in [0.15, 0.2) is 0 Å². The first-order valence-corrected chi connectivity index (χ1v) is 11.8. The number of carbonyl (C=O) groups is 1. The second kappa shape index (κ2) is 8.21. The lowest BCUT2D eigenvalue weighted by Gasteiger charge is -2.13. The fourth-order valence-corrected chi connectivity index (χ4v) is 4.30. The van der Waals surface area contributed by atoms with Crippen LogP contribution in [-0.2, 0) is 16.6 Å². The van der Waals surface area contributed by atoms with E-state index in [9.17, 15) is 22.4 Å². The van der Waals surface area contributed by atoms with Crippen LogP contribution in [0.4, 0.5) is 10.1 Å². The van der Waals surface area contributed by atoms with Gasteiger partial charge < -0.3 is 15.3 Å². The summed E-state index contributed by atoms with van der Waals surface area (Å²) >= 11 is 0. The minimum Gasteiger partial charge on any atom is -0.399 e. The van der Waals surface area contributed by atoms with E-state index in [1.807, 2.05) is 17.7 Å². The fourth-order valence-electron chi connectivity index (χ4n) is 3.86. The Balaban J connectivity index is 2.10. The SMILES string of the molecule is Cc1ccc2c(c1)c(-c1ccc[nH]c1=O)c(C(=O)NS(C)(=O)=O)n2Cc1cc(N)ccc1F. The van der Waals surface area contributed by atoms with Crippen molar-refractivity contribution in [2.45, 2.75) is 13.5 Å². The van der Waals surface area contributed by atoms with Gasteiger partial charge in [-0.05, 0) is 49.4 Å². The summed E-state index contributed by atoms with van der Waals surface area (Å²) in [6.07, 6.45) is 2.31. The van der Waals surface area contributed by atoms with E-state index in [2.05, 4.69) is 4.98 Å². The minimum absolute atomic E-state index is 0.0838. The highest BCUT2D eigenvalue weighted by atomic mass is 32.2. The van der Waals surface area contributed by atoms with Crippen molar-refractivity contribution < 1.29 is 17.6 Å². The van der Waals surface area contributed by atoms with Crippen molar-refractivity contribution in [3.63, 3.8) is 0 Å². The Morgan fingerprint density at radius 2 is 1.94 bits per heavy atom. The summed E-state index contributed by atoms with van der Waals surface area (Å²) in [6, 6.07) is 12.6. The number of carbonyl (C=O) groups excluding carboxylic acids is 1. The lowest BCUT2D eigenvalue weighted by atomic mass is 10.0. The molecule has 0 aliphatic heterocycles. The molecule has 0 aliphatic carbocycles. The molecule has 0 radical (unpaired) electrons. The molecule has 0 aliphatic rings. The summed E-state index contributed by atoms with van der Waals surface area (Å²) in [5, 5.41) is 0.551. The highest BCUT2D eigenvalue weighted by Crippen LogP contribution is 2.35. The Morgan fingerprint density at radius 3 is 2.64 bits per heavy atom. The number of benzene rings is 2. The van der Waals surface area contributed by atoms with E-state index in [1.165, 1.54) is 29.0 Å². The number of hydrogen-bond donors (Lipinski definition) is 3. The van der Waals surface area contributed by atoms with Crippen molar-refractivity contribution in [2.24, 2.45) is 0 Å². The molecule has 2 heterocycles. The monoisotopic (exact) mass is 468 g/mol. The van der Waals surface area contributed by atoms with E-state index in [4.69, 9.17) is 5.73 Å². The third-order valence-corrected chi connectivity index (χ3v) is 5.75. The minimum atomic E-state index is -3.92. The number of amides is 1. The lowest BCUT2D eigenvalue weighted by molar-refractivity contribution is 0.0974. The summed E-state index contributed by atoms with van der Waals surface area (Å²) in [5.41, 5.74) is 7.64. The molecule has 0 fully saturated rings. The van der Waals surface area contributed by atoms with Gasteiger partial charge >= 0.3 is 0 Å². The Labute approximate surface area is 188 Å². The Hall–Kier alpha value is -3.92. The molecule has 4 aromatic rings. The molecule has 4 N–H and O–H groups in total. The molecule has 0 saturated carbocycles. The molecule has 8 nitrogen and oxygen atoms in total. The highest BCUT2D eigenvalue weighted by molar-refractivity contribution is 7.89. The number of halogens is 1. The van der Waals surface area contributed by atoms with Crippen LogP contribution in [0.1, 0.15) is 21.6 Å². The van der Waals surface area contributed by atoms with E-state index < -0.39 is 27.3 Å². The highest BCUT2D eigenvalue weighted by Gasteiger charge is 2.27. The quantitative estimate of drug-likeness (QED) is 0.388. The third-order valence-electron chi connectivity index (χ3n) is 5.20. The smallest absolute Gasteiger partial charge is 0.282 e. The summed E-state index contributed by atoms with van der Waals surface area (Å²) in [5.74, 6) is -1.47. The average Bonchev–Trinajstić information content (AvgIpc) is 3.03. The molecule has 0 saturated heterocycles. The van der Waals surface area contributed by atoms with Crippen LogP contribution in [0.15, 0.2) is 59.5 Å². The van der Waals surface area contributed by atoms with Gasteiger partial charge in [-0.15, -0.1) is 0 Å². The molecule has 0 atom stereocenters. The normalized spacial score (nSPS) is 11.6. The summed E-state index contributed by atoms with van der Waals surface area (Å²) in [4.78, 5) is 28.5. The molecule has 0 unspecified atom stereocenters. The van der Waals surface area contributed by atoms with Crippen molar-refractivity contribution in [1.82, 2.24) is 14.3 Å². The van der Waals surface area contributed by atoms with Crippen molar-refractivity contribution in [3.8, 4) is 11.1 Å². The molecule has 0 bridgehead atoms. The van der Waals surface area contributed by atoms with Crippen molar-refractivity contribution >= 4 is 32.5 Å². The second-order valence-corrected chi connectivity index (χ2v) is 9.55. The number of H-pyrrole nitrogens is 1. The number of sulfonamides is 1. The van der Waals surface area contributed by atoms with Gasteiger partial charge in [0.1, 0.15) is 11.5 Å². The maximum Gasteiger partial charge on any atom is 0.282 e. The predicted octanol–water partition coefficient (Wildman–Crippen LogP) is 2.76. The van der Waals surface area contributed by atoms with Gasteiger partial charge in [0.25, 0.3) is 11.5 Å². The van der Waals surface area contributed by atoms with Gasteiger partial charge in [0, 0.05) is 39.5 Å². The van der Waals surface area contributed by atoms with Crippen molar-refractivity contribution in [3.05, 3.63) is 87.7 Å². The molecule has 170 valence electrons. The molecule has 0 spiro atoms. The van der Waals surface area contributed by atoms with Gasteiger partial charge in [-0.3, -0.25) is 9.59 Å². The second-order valence-electron chi connectivity index (χ2n) is 7.80. The molecular formula is C23H21FN4O4S. The van der Waals surface area contributed by atoms with Crippen LogP contribution in [0.25, 0.3) is 22.0 Å². The number of nitrogen functional groups attached to an aromatic ring is 1. The number of nitrogens with two attached hydrogens (primary N) is 1. The lowest BCUT2D eigenvalue weighted by Crippen LogP contribution is -2.32. The van der Waals surface area contributed by atoms with Crippen LogP contribution in [0, 0.1) is 12.7 Å². The van der Waals surface area contributed by atoms with Gasteiger partial charge in [0.05, 0.1) is 12.8 Å². The standard InChI is InChI=1S/C23H21FN4O4S/c1-13-5-8-19-17(10-13)20(16-4-3-9-26-22(16)29)21(23(30)27-33(2,31)32)28(19)12-14-11-15(25)6-7-18(14)24/h3-11H,12,25H2,1-2H3,(H,26,29)(H,27,30). The number of nitrogens with zero attached hydrogens (tertiary/aromatic N) is 1. The maximum atomic E-state index is 14.6. The number of pyridine rings is 1. The summed E-state index contributed by atoms with van der Waals surface area (Å²) in [7, 11) is -3.92. The number of aryl methyl sites for hydroxylation is 1. The first kappa shape index (κ1) is 22.3. The number of anilines is 1. The molecule has 2 aromatic heterocycles. The molecule has 1 amide bonds. The van der Waals surface area contributed by atoms with Crippen LogP contribution in [0.5, 0.6) is 0 Å². The topological polar surface area (TPSA) is 127 Å². The molecule has 2 aromatic carbocycles. The number of nitrogens with one attached hydrogen (secondary N) is 2. The zero-order valence-electron chi connectivity index (χ0n) is 17.8. The summed E-state index contributed by atoms with van der Waals surface area (Å²) < 4.78 is 41.8. The molecule has 10 heteroatoms. The summed E-state index contributed by atoms with van der Waals surface area (Å²) in [6.45, 7) is 1.73. The number of aromatic amines is 1. The number of rotatable bonds is 5. The number of hydrogen-bond acceptors (Lipinski definition) is 5. The molecule has 4 rings (SSSR count). The van der Waals surface area contributed by atoms with Gasteiger partial charge in [-0.25, -0.2) is 17.5 Å². The average molecular weight is 469 g/mol. The Morgan fingerprint density at radius 1 is 1.18 bits per heavy atom. The third kappa shape index (κ3) is 4.37. The Kier molecular flexibility index (Phi) is 5.54. The van der Waals surface area contributed by atoms with E-state index >= 15 is 0 Å². The van der Waals surface area contributed by atoms with Crippen molar-refractivity contribution in [2.75, 3.05) is 12.0 Å². The van der Waals surface area contributed by atoms with E-state index in [0.717, 1.165) is 11.8 Å². The Bertz CT molecular complexity index is 1570.